The van der Waals surface area contributed by atoms with Gasteiger partial charge in [-0.05, 0) is 53.4 Å². The molecular weight excluding hydrogens is 456 g/mol. The number of nitrogens with zero attached hydrogens (tertiary/aromatic N) is 2. The van der Waals surface area contributed by atoms with E-state index in [4.69, 9.17) is 4.98 Å². The van der Waals surface area contributed by atoms with E-state index in [-0.39, 0.29) is 5.54 Å². The van der Waals surface area contributed by atoms with Gasteiger partial charge in [-0.2, -0.15) is 0 Å². The molecule has 0 saturated heterocycles. The molecule has 1 aliphatic rings. The molecule has 5 aromatic carbocycles. The van der Waals surface area contributed by atoms with Crippen molar-refractivity contribution in [3.05, 3.63) is 126 Å². The van der Waals surface area contributed by atoms with Crippen LogP contribution in [0.5, 0.6) is 0 Å². The van der Waals surface area contributed by atoms with Crippen molar-refractivity contribution in [3.8, 4) is 22.5 Å². The predicted octanol–water partition coefficient (Wildman–Crippen LogP) is 8.86. The van der Waals surface area contributed by atoms with E-state index in [1.54, 1.807) is 0 Å². The first-order valence-electron chi connectivity index (χ1n) is 12.3. The molecule has 0 saturated carbocycles. The van der Waals surface area contributed by atoms with E-state index in [0.717, 1.165) is 11.3 Å². The normalized spacial score (nSPS) is 16.6. The number of imidazole rings is 1. The van der Waals surface area contributed by atoms with Crippen molar-refractivity contribution in [2.24, 2.45) is 0 Å². The fourth-order valence-electron chi connectivity index (χ4n) is 6.06. The van der Waals surface area contributed by atoms with Gasteiger partial charge < -0.3 is 4.57 Å². The average Bonchev–Trinajstić information content (AvgIpc) is 3.58. The second kappa shape index (κ2) is 7.16. The minimum atomic E-state index is -0.361. The molecule has 1 unspecified atom stereocenters. The summed E-state index contributed by atoms with van der Waals surface area (Å²) in [5.74, 6) is 1.05. The highest BCUT2D eigenvalue weighted by atomic mass is 32.1. The summed E-state index contributed by atoms with van der Waals surface area (Å²) in [4.78, 5) is 5.15. The van der Waals surface area contributed by atoms with Gasteiger partial charge in [0.15, 0.2) is 0 Å². The summed E-state index contributed by atoms with van der Waals surface area (Å²) in [6.07, 6.45) is 0. The van der Waals surface area contributed by atoms with Gasteiger partial charge in [0.2, 0.25) is 0 Å². The molecule has 0 aliphatic carbocycles. The van der Waals surface area contributed by atoms with E-state index >= 15 is 0 Å². The first-order valence-corrected chi connectivity index (χ1v) is 13.1. The summed E-state index contributed by atoms with van der Waals surface area (Å²) < 4.78 is 5.13. The van der Waals surface area contributed by atoms with Crippen molar-refractivity contribution in [3.63, 3.8) is 0 Å². The summed E-state index contributed by atoms with van der Waals surface area (Å²) in [6, 6.07) is 41.8. The predicted molar refractivity (Wildman–Crippen MR) is 152 cm³/mol. The number of hydrogen-bond donors (Lipinski definition) is 0. The van der Waals surface area contributed by atoms with Crippen LogP contribution in [0.2, 0.25) is 0 Å². The van der Waals surface area contributed by atoms with Crippen molar-refractivity contribution >= 4 is 42.5 Å². The molecule has 0 bridgehead atoms. The summed E-state index contributed by atoms with van der Waals surface area (Å²) in [5.41, 5.74) is 8.09. The molecule has 0 radical (unpaired) electrons. The Kier molecular flexibility index (Phi) is 3.98. The summed E-state index contributed by atoms with van der Waals surface area (Å²) in [7, 11) is 0. The van der Waals surface area contributed by atoms with Crippen molar-refractivity contribution in [2.45, 2.75) is 12.5 Å². The number of rotatable bonds is 2. The molecular formula is C33H22N2S. The Bertz CT molecular complexity index is 1960. The molecule has 2 aromatic heterocycles. The monoisotopic (exact) mass is 478 g/mol. The molecule has 3 heteroatoms. The topological polar surface area (TPSA) is 17.8 Å². The van der Waals surface area contributed by atoms with Crippen molar-refractivity contribution in [2.75, 3.05) is 0 Å². The van der Waals surface area contributed by atoms with Gasteiger partial charge in [0.25, 0.3) is 0 Å². The van der Waals surface area contributed by atoms with Gasteiger partial charge >= 0.3 is 0 Å². The van der Waals surface area contributed by atoms with Crippen LogP contribution in [0.15, 0.2) is 115 Å². The van der Waals surface area contributed by atoms with Crippen LogP contribution in [0.3, 0.4) is 0 Å². The Morgan fingerprint density at radius 3 is 2.36 bits per heavy atom. The average molecular weight is 479 g/mol. The zero-order valence-corrected chi connectivity index (χ0v) is 20.6. The van der Waals surface area contributed by atoms with E-state index in [9.17, 15) is 0 Å². The maximum Gasteiger partial charge on any atom is 0.142 e. The van der Waals surface area contributed by atoms with Crippen LogP contribution in [-0.2, 0) is 5.54 Å². The van der Waals surface area contributed by atoms with Gasteiger partial charge in [-0.15, -0.1) is 11.3 Å². The van der Waals surface area contributed by atoms with Crippen molar-refractivity contribution in [1.82, 2.24) is 9.55 Å². The lowest BCUT2D eigenvalue weighted by molar-refractivity contribution is 0.517. The van der Waals surface area contributed by atoms with Gasteiger partial charge in [-0.25, -0.2) is 4.98 Å². The molecule has 2 nitrogen and oxygen atoms in total. The molecule has 8 rings (SSSR count). The largest absolute Gasteiger partial charge is 0.310 e. The molecule has 0 amide bonds. The third-order valence-electron chi connectivity index (χ3n) is 7.84. The van der Waals surface area contributed by atoms with Gasteiger partial charge in [0, 0.05) is 25.7 Å². The van der Waals surface area contributed by atoms with Crippen LogP contribution in [0.1, 0.15) is 18.1 Å². The Hall–Kier alpha value is -4.21. The zero-order valence-electron chi connectivity index (χ0n) is 19.8. The highest BCUT2D eigenvalue weighted by Crippen LogP contribution is 2.50. The van der Waals surface area contributed by atoms with Crippen LogP contribution >= 0.6 is 11.3 Å². The lowest BCUT2D eigenvalue weighted by Crippen LogP contribution is -2.29. The highest BCUT2D eigenvalue weighted by Gasteiger charge is 2.42. The Morgan fingerprint density at radius 2 is 1.44 bits per heavy atom. The number of fused-ring (bicyclic) bond motifs is 8. The first-order chi connectivity index (χ1) is 17.7. The molecule has 1 atom stereocenters. The molecule has 3 heterocycles. The van der Waals surface area contributed by atoms with Crippen molar-refractivity contribution in [1.29, 1.82) is 0 Å². The number of aromatic nitrogens is 2. The fraction of sp³-hybridized carbons (Fsp3) is 0.0606. The number of hydrogen-bond acceptors (Lipinski definition) is 2. The van der Waals surface area contributed by atoms with E-state index in [0.29, 0.717) is 0 Å². The second-order valence-corrected chi connectivity index (χ2v) is 10.9. The standard InChI is InChI=1S/C33H22N2S/c1-33(23-16-17-25-24-11-6-8-14-30(24)36-31(25)20-23)27-13-7-5-12-26(27)32-34-28-18-15-22(19-29(28)35(32)33)21-9-3-2-4-10-21/h2-20H,1H3. The van der Waals surface area contributed by atoms with Gasteiger partial charge in [-0.3, -0.25) is 0 Å². The highest BCUT2D eigenvalue weighted by molar-refractivity contribution is 7.25. The first kappa shape index (κ1) is 20.0. The Morgan fingerprint density at radius 1 is 0.667 bits per heavy atom. The Labute approximate surface area is 213 Å². The maximum atomic E-state index is 5.15. The Balaban J connectivity index is 1.42. The van der Waals surface area contributed by atoms with Crippen LogP contribution in [0, 0.1) is 0 Å². The summed E-state index contributed by atoms with van der Waals surface area (Å²) in [6.45, 7) is 2.35. The molecule has 0 fully saturated rings. The van der Waals surface area contributed by atoms with E-state index in [1.165, 1.54) is 53.5 Å². The lowest BCUT2D eigenvalue weighted by Gasteiger charge is -2.30. The minimum absolute atomic E-state index is 0.361. The van der Waals surface area contributed by atoms with E-state index < -0.39 is 0 Å². The summed E-state index contributed by atoms with van der Waals surface area (Å²) >= 11 is 1.88. The number of thiophene rings is 1. The third kappa shape index (κ3) is 2.58. The van der Waals surface area contributed by atoms with Crippen LogP contribution in [-0.4, -0.2) is 9.55 Å². The third-order valence-corrected chi connectivity index (χ3v) is 8.98. The molecule has 7 aromatic rings. The second-order valence-electron chi connectivity index (χ2n) is 9.77. The molecule has 0 N–H and O–H groups in total. The van der Waals surface area contributed by atoms with Gasteiger partial charge in [-0.1, -0.05) is 91.0 Å². The van der Waals surface area contributed by atoms with Gasteiger partial charge in [0.05, 0.1) is 16.6 Å². The fourth-order valence-corrected chi connectivity index (χ4v) is 7.20. The summed E-state index contributed by atoms with van der Waals surface area (Å²) in [5, 5.41) is 2.67. The van der Waals surface area contributed by atoms with E-state index in [1.807, 2.05) is 11.3 Å². The SMILES string of the molecule is CC1(c2ccc3c(c2)sc2ccccc23)c2ccccc2-c2nc3ccc(-c4ccccc4)cc3n21. The molecule has 36 heavy (non-hydrogen) atoms. The van der Waals surface area contributed by atoms with Gasteiger partial charge in [0.1, 0.15) is 5.82 Å². The quantitative estimate of drug-likeness (QED) is 0.243. The molecule has 1 aliphatic heterocycles. The van der Waals surface area contributed by atoms with E-state index in [2.05, 4.69) is 127 Å². The maximum absolute atomic E-state index is 5.15. The molecule has 170 valence electrons. The van der Waals surface area contributed by atoms with Crippen LogP contribution in [0.25, 0.3) is 53.7 Å². The van der Waals surface area contributed by atoms with Crippen molar-refractivity contribution < 1.29 is 0 Å². The zero-order chi connectivity index (χ0) is 23.9. The lowest BCUT2D eigenvalue weighted by atomic mass is 9.84. The molecule has 0 spiro atoms. The number of benzene rings is 5. The van der Waals surface area contributed by atoms with Crippen LogP contribution in [0.4, 0.5) is 0 Å². The minimum Gasteiger partial charge on any atom is -0.310 e. The van der Waals surface area contributed by atoms with Crippen LogP contribution < -0.4 is 0 Å². The smallest absolute Gasteiger partial charge is 0.142 e.